The van der Waals surface area contributed by atoms with Crippen LogP contribution in [0.3, 0.4) is 0 Å². The molecule has 2 N–H and O–H groups in total. The van der Waals surface area contributed by atoms with Crippen molar-refractivity contribution < 1.29 is 14.7 Å². The smallest absolute Gasteiger partial charge is 0.303 e. The zero-order valence-corrected chi connectivity index (χ0v) is 10.6. The third-order valence-electron chi connectivity index (χ3n) is 3.21. The number of carboxylic acids is 1. The van der Waals surface area contributed by atoms with Crippen LogP contribution in [0.4, 0.5) is 0 Å². The molecular weight excluding hydrogens is 220 g/mol. The summed E-state index contributed by atoms with van der Waals surface area (Å²) in [5, 5.41) is 11.3. The lowest BCUT2D eigenvalue weighted by molar-refractivity contribution is -0.137. The highest BCUT2D eigenvalue weighted by Gasteiger charge is 2.28. The molecule has 1 saturated carbocycles. The first-order valence-corrected chi connectivity index (χ1v) is 6.21. The van der Waals surface area contributed by atoms with Gasteiger partial charge >= 0.3 is 5.97 Å². The number of hydrogen-bond acceptors (Lipinski definition) is 3. The van der Waals surface area contributed by atoms with E-state index in [2.05, 4.69) is 24.2 Å². The maximum Gasteiger partial charge on any atom is 0.303 e. The number of carbonyl (C=O) groups is 2. The van der Waals surface area contributed by atoms with Gasteiger partial charge in [0, 0.05) is 31.5 Å². The monoisotopic (exact) mass is 242 g/mol. The van der Waals surface area contributed by atoms with E-state index in [0.717, 1.165) is 0 Å². The van der Waals surface area contributed by atoms with E-state index in [1.807, 2.05) is 0 Å². The number of hydrogen-bond donors (Lipinski definition) is 2. The van der Waals surface area contributed by atoms with E-state index in [0.29, 0.717) is 31.5 Å². The predicted molar refractivity (Wildman–Crippen MR) is 64.7 cm³/mol. The molecular formula is C12H22N2O3. The van der Waals surface area contributed by atoms with Gasteiger partial charge in [0.05, 0.1) is 0 Å². The molecule has 5 nitrogen and oxygen atoms in total. The zero-order valence-electron chi connectivity index (χ0n) is 10.6. The first kappa shape index (κ1) is 14.0. The van der Waals surface area contributed by atoms with Gasteiger partial charge in [-0.25, -0.2) is 0 Å². The summed E-state index contributed by atoms with van der Waals surface area (Å²) in [7, 11) is 2.08. The summed E-state index contributed by atoms with van der Waals surface area (Å²) in [6.45, 7) is 2.73. The minimum Gasteiger partial charge on any atom is -0.481 e. The van der Waals surface area contributed by atoms with Gasteiger partial charge in [0.25, 0.3) is 0 Å². The van der Waals surface area contributed by atoms with Crippen molar-refractivity contribution in [2.45, 2.75) is 51.1 Å². The molecule has 98 valence electrons. The first-order valence-electron chi connectivity index (χ1n) is 6.21. The summed E-state index contributed by atoms with van der Waals surface area (Å²) in [4.78, 5) is 24.0. The summed E-state index contributed by atoms with van der Waals surface area (Å²) in [6.07, 6.45) is 3.28. The summed E-state index contributed by atoms with van der Waals surface area (Å²) < 4.78 is 0. The molecule has 1 amide bonds. The molecule has 0 aromatic rings. The molecule has 1 atom stereocenters. The fourth-order valence-corrected chi connectivity index (χ4v) is 1.74. The molecule has 0 aliphatic heterocycles. The van der Waals surface area contributed by atoms with Gasteiger partial charge in [-0.05, 0) is 33.2 Å². The molecule has 0 aromatic carbocycles. The molecule has 1 aliphatic carbocycles. The number of amides is 1. The van der Waals surface area contributed by atoms with E-state index < -0.39 is 5.97 Å². The van der Waals surface area contributed by atoms with E-state index in [9.17, 15) is 9.59 Å². The number of likely N-dealkylation sites (N-methyl/N-ethyl adjacent to an activating group) is 1. The van der Waals surface area contributed by atoms with E-state index in [1.54, 1.807) is 0 Å². The van der Waals surface area contributed by atoms with Crippen LogP contribution in [-0.4, -0.2) is 47.6 Å². The maximum absolute atomic E-state index is 11.4. The number of carbonyl (C=O) groups excluding carboxylic acids is 1. The molecule has 17 heavy (non-hydrogen) atoms. The van der Waals surface area contributed by atoms with Crippen LogP contribution in [-0.2, 0) is 9.59 Å². The molecule has 1 aliphatic rings. The molecule has 0 aromatic heterocycles. The molecule has 0 spiro atoms. The lowest BCUT2D eigenvalue weighted by Crippen LogP contribution is -2.41. The Hall–Kier alpha value is -1.10. The van der Waals surface area contributed by atoms with Gasteiger partial charge in [0.1, 0.15) is 0 Å². The molecule has 1 rings (SSSR count). The third-order valence-corrected chi connectivity index (χ3v) is 3.21. The van der Waals surface area contributed by atoms with Gasteiger partial charge in [0.15, 0.2) is 0 Å². The third kappa shape index (κ3) is 5.68. The van der Waals surface area contributed by atoms with Crippen molar-refractivity contribution in [3.05, 3.63) is 0 Å². The number of nitrogens with one attached hydrogen (secondary N) is 1. The summed E-state index contributed by atoms with van der Waals surface area (Å²) in [5.41, 5.74) is 0. The number of nitrogens with zero attached hydrogens (tertiary/aromatic N) is 1. The van der Waals surface area contributed by atoms with Crippen molar-refractivity contribution in [2.24, 2.45) is 0 Å². The highest BCUT2D eigenvalue weighted by Crippen LogP contribution is 2.26. The highest BCUT2D eigenvalue weighted by atomic mass is 16.4. The van der Waals surface area contributed by atoms with Crippen LogP contribution in [0, 0.1) is 0 Å². The Labute approximate surface area is 102 Å². The fraction of sp³-hybridized carbons (Fsp3) is 0.833. The first-order chi connectivity index (χ1) is 8.00. The largest absolute Gasteiger partial charge is 0.481 e. The molecule has 0 bridgehead atoms. The standard InChI is InChI=1S/C12H22N2O3/c1-9(14(2)10-6-7-10)8-13-11(15)4-3-5-12(16)17/h9-10H,3-8H2,1-2H3,(H,13,15)(H,16,17). The van der Waals surface area contributed by atoms with Gasteiger partial charge in [0.2, 0.25) is 5.91 Å². The van der Waals surface area contributed by atoms with E-state index >= 15 is 0 Å². The van der Waals surface area contributed by atoms with Gasteiger partial charge in [-0.15, -0.1) is 0 Å². The highest BCUT2D eigenvalue weighted by molar-refractivity contribution is 5.76. The van der Waals surface area contributed by atoms with E-state index in [4.69, 9.17) is 5.11 Å². The summed E-state index contributed by atoms with van der Waals surface area (Å²) >= 11 is 0. The van der Waals surface area contributed by atoms with Gasteiger partial charge < -0.3 is 10.4 Å². The minimum absolute atomic E-state index is 0.0534. The summed E-state index contributed by atoms with van der Waals surface area (Å²) in [6, 6.07) is 1.03. The second kappa shape index (κ2) is 6.59. The van der Waals surface area contributed by atoms with Crippen LogP contribution in [0.25, 0.3) is 0 Å². The average Bonchev–Trinajstić information content (AvgIpc) is 3.08. The number of carboxylic acid groups (broad SMARTS) is 1. The Kier molecular flexibility index (Phi) is 5.41. The molecule has 5 heteroatoms. The van der Waals surface area contributed by atoms with Crippen molar-refractivity contribution in [2.75, 3.05) is 13.6 Å². The molecule has 0 saturated heterocycles. The SMILES string of the molecule is CC(CNC(=O)CCCC(=O)O)N(C)C1CC1. The van der Waals surface area contributed by atoms with Crippen molar-refractivity contribution in [3.63, 3.8) is 0 Å². The Bertz CT molecular complexity index is 277. The number of rotatable bonds is 8. The van der Waals surface area contributed by atoms with Crippen molar-refractivity contribution in [1.82, 2.24) is 10.2 Å². The topological polar surface area (TPSA) is 69.6 Å². The Morgan fingerprint density at radius 2 is 2.06 bits per heavy atom. The van der Waals surface area contributed by atoms with Crippen LogP contribution in [0.1, 0.15) is 39.0 Å². The average molecular weight is 242 g/mol. The minimum atomic E-state index is -0.848. The maximum atomic E-state index is 11.4. The van der Waals surface area contributed by atoms with Crippen LogP contribution in [0.15, 0.2) is 0 Å². The van der Waals surface area contributed by atoms with Crippen LogP contribution in [0.5, 0.6) is 0 Å². The molecule has 0 heterocycles. The van der Waals surface area contributed by atoms with Gasteiger partial charge in [-0.1, -0.05) is 0 Å². The lowest BCUT2D eigenvalue weighted by atomic mass is 10.2. The predicted octanol–water partition coefficient (Wildman–Crippen LogP) is 0.840. The van der Waals surface area contributed by atoms with E-state index in [-0.39, 0.29) is 12.3 Å². The Morgan fingerprint density at radius 3 is 2.59 bits per heavy atom. The molecule has 1 unspecified atom stereocenters. The van der Waals surface area contributed by atoms with E-state index in [1.165, 1.54) is 12.8 Å². The normalized spacial score (nSPS) is 16.9. The van der Waals surface area contributed by atoms with Crippen molar-refractivity contribution >= 4 is 11.9 Å². The summed E-state index contributed by atoms with van der Waals surface area (Å²) in [5.74, 6) is -0.901. The Balaban J connectivity index is 2.07. The second-order valence-corrected chi connectivity index (χ2v) is 4.80. The number of aliphatic carboxylic acids is 1. The Morgan fingerprint density at radius 1 is 1.41 bits per heavy atom. The lowest BCUT2D eigenvalue weighted by Gasteiger charge is -2.24. The van der Waals surface area contributed by atoms with Crippen LogP contribution >= 0.6 is 0 Å². The molecule has 1 fully saturated rings. The quantitative estimate of drug-likeness (QED) is 0.662. The van der Waals surface area contributed by atoms with Gasteiger partial charge in [-0.2, -0.15) is 0 Å². The molecule has 0 radical (unpaired) electrons. The zero-order chi connectivity index (χ0) is 12.8. The second-order valence-electron chi connectivity index (χ2n) is 4.80. The van der Waals surface area contributed by atoms with Crippen LogP contribution in [0.2, 0.25) is 0 Å². The van der Waals surface area contributed by atoms with Crippen molar-refractivity contribution in [3.8, 4) is 0 Å². The fourth-order valence-electron chi connectivity index (χ4n) is 1.74. The van der Waals surface area contributed by atoms with Gasteiger partial charge in [-0.3, -0.25) is 14.5 Å². The van der Waals surface area contributed by atoms with Crippen LogP contribution < -0.4 is 5.32 Å². The van der Waals surface area contributed by atoms with Crippen molar-refractivity contribution in [1.29, 1.82) is 0 Å².